The molecule has 158 valence electrons. The number of fused-ring (bicyclic) bond motifs is 3. The third-order valence-electron chi connectivity index (χ3n) is 5.72. The summed E-state index contributed by atoms with van der Waals surface area (Å²) in [6, 6.07) is 23.4. The van der Waals surface area contributed by atoms with Crippen LogP contribution in [-0.2, 0) is 0 Å². The fourth-order valence-corrected chi connectivity index (χ4v) is 5.53. The second-order valence-corrected chi connectivity index (χ2v) is 9.18. The van der Waals surface area contributed by atoms with Gasteiger partial charge in [0.15, 0.2) is 11.6 Å². The largest absolute Gasteiger partial charge is 0.226 e. The van der Waals surface area contributed by atoms with E-state index >= 15 is 0 Å². The number of hydrogen-bond donors (Lipinski definition) is 0. The third-order valence-corrected chi connectivity index (χ3v) is 7.11. The van der Waals surface area contributed by atoms with Crippen molar-refractivity contribution in [2.75, 3.05) is 0 Å². The van der Waals surface area contributed by atoms with Gasteiger partial charge in [-0.1, -0.05) is 91.0 Å². The Labute approximate surface area is 200 Å². The molecule has 2 aromatic heterocycles. The Kier molecular flexibility index (Phi) is 5.10. The van der Waals surface area contributed by atoms with Crippen LogP contribution in [0.25, 0.3) is 48.3 Å². The van der Waals surface area contributed by atoms with Crippen molar-refractivity contribution in [2.45, 2.75) is 6.42 Å². The van der Waals surface area contributed by atoms with E-state index in [1.165, 1.54) is 25.7 Å². The summed E-state index contributed by atoms with van der Waals surface area (Å²) in [5.74, 6) is 1.16. The highest BCUT2D eigenvalue weighted by atomic mass is 35.5. The zero-order chi connectivity index (χ0) is 22.2. The van der Waals surface area contributed by atoms with E-state index in [2.05, 4.69) is 88.9 Å². The van der Waals surface area contributed by atoms with Crippen LogP contribution in [0.5, 0.6) is 0 Å². The van der Waals surface area contributed by atoms with E-state index in [4.69, 9.17) is 16.6 Å². The van der Waals surface area contributed by atoms with Crippen LogP contribution in [0.4, 0.5) is 0 Å². The number of thiophene rings is 1. The molecule has 0 saturated heterocycles. The summed E-state index contributed by atoms with van der Waals surface area (Å²) in [6.45, 7) is 0. The molecule has 33 heavy (non-hydrogen) atoms. The van der Waals surface area contributed by atoms with Gasteiger partial charge in [-0.05, 0) is 35.2 Å². The molecule has 3 aromatic carbocycles. The topological polar surface area (TPSA) is 38.7 Å². The van der Waals surface area contributed by atoms with Crippen LogP contribution in [0.1, 0.15) is 12.2 Å². The van der Waals surface area contributed by atoms with E-state index < -0.39 is 0 Å². The Morgan fingerprint density at radius 1 is 0.727 bits per heavy atom. The maximum absolute atomic E-state index is 6.26. The first kappa shape index (κ1) is 20.0. The number of allylic oxidation sites excluding steroid dienone is 6. The summed E-state index contributed by atoms with van der Waals surface area (Å²) in [6.07, 6.45) is 11.0. The summed E-state index contributed by atoms with van der Waals surface area (Å²) in [7, 11) is 0. The standard InChI is InChI=1S/C28H18ClN3S/c29-28-31-26(19-8-3-1-2-4-9-19)30-27(32-28)20-16-14-18(15-17-20)21-11-7-12-23-22-10-5-6-13-24(22)33-25(21)23/h1-3,5-17H,4H2. The van der Waals surface area contributed by atoms with Gasteiger partial charge in [0.05, 0.1) is 0 Å². The summed E-state index contributed by atoms with van der Waals surface area (Å²) in [4.78, 5) is 13.4. The average Bonchev–Trinajstić information content (AvgIpc) is 3.02. The van der Waals surface area contributed by atoms with E-state index in [9.17, 15) is 0 Å². The minimum Gasteiger partial charge on any atom is -0.208 e. The van der Waals surface area contributed by atoms with E-state index in [1.807, 2.05) is 29.6 Å². The fourth-order valence-electron chi connectivity index (χ4n) is 4.13. The number of hydrogen-bond acceptors (Lipinski definition) is 4. The van der Waals surface area contributed by atoms with Gasteiger partial charge in [-0.15, -0.1) is 11.3 Å². The van der Waals surface area contributed by atoms with Crippen LogP contribution in [-0.4, -0.2) is 15.0 Å². The monoisotopic (exact) mass is 463 g/mol. The first-order valence-electron chi connectivity index (χ1n) is 10.7. The summed E-state index contributed by atoms with van der Waals surface area (Å²) < 4.78 is 2.61. The van der Waals surface area contributed by atoms with Gasteiger partial charge >= 0.3 is 0 Å². The molecular weight excluding hydrogens is 446 g/mol. The molecular formula is C28H18ClN3S. The molecule has 0 fully saturated rings. The summed E-state index contributed by atoms with van der Waals surface area (Å²) >= 11 is 8.10. The summed E-state index contributed by atoms with van der Waals surface area (Å²) in [5.41, 5.74) is 4.25. The number of aromatic nitrogens is 3. The Bertz CT molecular complexity index is 1590. The Morgan fingerprint density at radius 2 is 1.52 bits per heavy atom. The van der Waals surface area contributed by atoms with Gasteiger partial charge in [0.2, 0.25) is 5.28 Å². The maximum Gasteiger partial charge on any atom is 0.226 e. The second-order valence-electron chi connectivity index (χ2n) is 7.79. The Balaban J connectivity index is 1.40. The normalized spacial score (nSPS) is 13.4. The smallest absolute Gasteiger partial charge is 0.208 e. The lowest BCUT2D eigenvalue weighted by molar-refractivity contribution is 1.03. The van der Waals surface area contributed by atoms with Gasteiger partial charge in [-0.3, -0.25) is 0 Å². The molecule has 0 amide bonds. The minimum absolute atomic E-state index is 0.195. The Morgan fingerprint density at radius 3 is 2.42 bits per heavy atom. The molecule has 2 heterocycles. The van der Waals surface area contributed by atoms with E-state index in [0.717, 1.165) is 23.1 Å². The first-order chi connectivity index (χ1) is 16.3. The molecule has 1 aliphatic carbocycles. The van der Waals surface area contributed by atoms with Crippen molar-refractivity contribution >= 4 is 48.7 Å². The minimum atomic E-state index is 0.195. The number of rotatable bonds is 3. The highest BCUT2D eigenvalue weighted by Crippen LogP contribution is 2.40. The molecule has 0 spiro atoms. The predicted octanol–water partition coefficient (Wildman–Crippen LogP) is 8.13. The van der Waals surface area contributed by atoms with Crippen LogP contribution in [0.3, 0.4) is 0 Å². The van der Waals surface area contributed by atoms with Crippen molar-refractivity contribution in [3.63, 3.8) is 0 Å². The van der Waals surface area contributed by atoms with Crippen molar-refractivity contribution < 1.29 is 0 Å². The second kappa shape index (κ2) is 8.39. The average molecular weight is 464 g/mol. The molecule has 5 heteroatoms. The molecule has 5 aromatic rings. The van der Waals surface area contributed by atoms with Gasteiger partial charge < -0.3 is 0 Å². The van der Waals surface area contributed by atoms with Crippen LogP contribution in [0.15, 0.2) is 97.1 Å². The molecule has 0 bridgehead atoms. The third kappa shape index (κ3) is 3.78. The summed E-state index contributed by atoms with van der Waals surface area (Å²) in [5, 5.41) is 2.80. The number of nitrogens with zero attached hydrogens (tertiary/aromatic N) is 3. The van der Waals surface area contributed by atoms with Crippen molar-refractivity contribution in [3.05, 3.63) is 108 Å². The molecule has 0 radical (unpaired) electrons. The number of benzene rings is 3. The quantitative estimate of drug-likeness (QED) is 0.271. The van der Waals surface area contributed by atoms with Gasteiger partial charge in [0.25, 0.3) is 0 Å². The molecule has 0 atom stereocenters. The van der Waals surface area contributed by atoms with Crippen molar-refractivity contribution in [1.82, 2.24) is 15.0 Å². The maximum atomic E-state index is 6.26. The molecule has 3 nitrogen and oxygen atoms in total. The zero-order valence-electron chi connectivity index (χ0n) is 17.6. The molecule has 0 N–H and O–H groups in total. The van der Waals surface area contributed by atoms with Crippen LogP contribution >= 0.6 is 22.9 Å². The fraction of sp³-hybridized carbons (Fsp3) is 0.0357. The SMILES string of the molecule is Clc1nc(C2=CCC=CC=C2)nc(-c2ccc(-c3cccc4c3sc3ccccc34)cc2)n1. The van der Waals surface area contributed by atoms with Crippen molar-refractivity contribution in [3.8, 4) is 22.5 Å². The predicted molar refractivity (Wildman–Crippen MR) is 139 cm³/mol. The van der Waals surface area contributed by atoms with Crippen LogP contribution in [0, 0.1) is 0 Å². The van der Waals surface area contributed by atoms with Gasteiger partial charge in [-0.2, -0.15) is 9.97 Å². The van der Waals surface area contributed by atoms with E-state index in [0.29, 0.717) is 11.6 Å². The van der Waals surface area contributed by atoms with E-state index in [-0.39, 0.29) is 5.28 Å². The van der Waals surface area contributed by atoms with Gasteiger partial charge in [0, 0.05) is 31.3 Å². The lowest BCUT2D eigenvalue weighted by atomic mass is 10.0. The van der Waals surface area contributed by atoms with Crippen molar-refractivity contribution in [1.29, 1.82) is 0 Å². The molecule has 0 aliphatic heterocycles. The molecule has 0 unspecified atom stereocenters. The van der Waals surface area contributed by atoms with E-state index in [1.54, 1.807) is 0 Å². The lowest BCUT2D eigenvalue weighted by Crippen LogP contribution is -1.99. The van der Waals surface area contributed by atoms with Crippen LogP contribution < -0.4 is 0 Å². The molecule has 6 rings (SSSR count). The Hall–Kier alpha value is -3.60. The van der Waals surface area contributed by atoms with Crippen LogP contribution in [0.2, 0.25) is 5.28 Å². The number of halogens is 1. The molecule has 0 saturated carbocycles. The lowest BCUT2D eigenvalue weighted by Gasteiger charge is -2.07. The zero-order valence-corrected chi connectivity index (χ0v) is 19.1. The molecule has 1 aliphatic rings. The first-order valence-corrected chi connectivity index (χ1v) is 11.9. The van der Waals surface area contributed by atoms with Crippen molar-refractivity contribution in [2.24, 2.45) is 0 Å². The van der Waals surface area contributed by atoms with Gasteiger partial charge in [-0.25, -0.2) is 4.98 Å². The highest BCUT2D eigenvalue weighted by Gasteiger charge is 2.13. The highest BCUT2D eigenvalue weighted by molar-refractivity contribution is 7.26. The van der Waals surface area contributed by atoms with Gasteiger partial charge in [0.1, 0.15) is 0 Å².